The summed E-state index contributed by atoms with van der Waals surface area (Å²) in [6, 6.07) is 4.32. The summed E-state index contributed by atoms with van der Waals surface area (Å²) < 4.78 is 18.3. The molecule has 11 nitrogen and oxygen atoms in total. The summed E-state index contributed by atoms with van der Waals surface area (Å²) in [5, 5.41) is 14.9. The van der Waals surface area contributed by atoms with Crippen LogP contribution in [0.2, 0.25) is 0 Å². The highest BCUT2D eigenvalue weighted by Crippen LogP contribution is 2.47. The maximum absolute atomic E-state index is 9.88. The zero-order chi connectivity index (χ0) is 28.3. The van der Waals surface area contributed by atoms with Gasteiger partial charge in [0.2, 0.25) is 11.8 Å². The topological polar surface area (TPSA) is 149 Å². The molecule has 0 spiro atoms. The zero-order valence-corrected chi connectivity index (χ0v) is 24.0. The van der Waals surface area contributed by atoms with Crippen LogP contribution in [0.15, 0.2) is 29.3 Å². The van der Waals surface area contributed by atoms with Gasteiger partial charge in [0, 0.05) is 22.4 Å². The second-order valence-corrected chi connectivity index (χ2v) is 11.6. The molecule has 1 aliphatic heterocycles. The molecule has 4 aromatic rings. The third-order valence-corrected chi connectivity index (χ3v) is 8.88. The van der Waals surface area contributed by atoms with Gasteiger partial charge >= 0.3 is 0 Å². The first-order chi connectivity index (χ1) is 20.1. The molecule has 1 fully saturated rings. The summed E-state index contributed by atoms with van der Waals surface area (Å²) in [6.45, 7) is 3.67. The summed E-state index contributed by atoms with van der Waals surface area (Å²) in [5.74, 6) is 2.14. The number of nitrogens with zero attached hydrogens (tertiary/aromatic N) is 7. The minimum absolute atomic E-state index is 0.0979. The highest BCUT2D eigenvalue weighted by atomic mass is 32.1. The van der Waals surface area contributed by atoms with Gasteiger partial charge in [-0.15, -0.1) is 11.3 Å². The Morgan fingerprint density at radius 2 is 2.02 bits per heavy atom. The van der Waals surface area contributed by atoms with Gasteiger partial charge in [-0.25, -0.2) is 9.97 Å². The molecule has 0 amide bonds. The van der Waals surface area contributed by atoms with Crippen molar-refractivity contribution in [3.05, 3.63) is 52.1 Å². The van der Waals surface area contributed by atoms with Crippen molar-refractivity contribution >= 4 is 16.3 Å². The highest BCUT2D eigenvalue weighted by molar-refractivity contribution is 7.16. The number of aryl methyl sites for hydroxylation is 1. The number of likely N-dealkylation sites (N-methyl/N-ethyl adjacent to an activating group) is 1. The van der Waals surface area contributed by atoms with E-state index in [9.17, 15) is 5.26 Å². The quantitative estimate of drug-likeness (QED) is 0.285. The molecular formula is C29H32N8O3S. The zero-order valence-electron chi connectivity index (χ0n) is 23.2. The molecule has 2 atom stereocenters. The van der Waals surface area contributed by atoms with Crippen LogP contribution in [0.25, 0.3) is 11.5 Å². The van der Waals surface area contributed by atoms with E-state index >= 15 is 0 Å². The molecule has 0 radical (unpaired) electrons. The van der Waals surface area contributed by atoms with E-state index < -0.39 is 0 Å². The summed E-state index contributed by atoms with van der Waals surface area (Å²) in [6.07, 6.45) is 11.1. The summed E-state index contributed by atoms with van der Waals surface area (Å²) in [7, 11) is 2.11. The van der Waals surface area contributed by atoms with Gasteiger partial charge in [0.1, 0.15) is 29.8 Å². The Morgan fingerprint density at radius 1 is 1.20 bits per heavy atom. The number of fused-ring (bicyclic) bond motifs is 1. The molecule has 0 unspecified atom stereocenters. The fourth-order valence-corrected chi connectivity index (χ4v) is 6.91. The number of thiophene rings is 1. The predicted octanol–water partition coefficient (Wildman–Crippen LogP) is 5.12. The van der Waals surface area contributed by atoms with Crippen LogP contribution in [0.5, 0.6) is 17.5 Å². The van der Waals surface area contributed by atoms with Crippen molar-refractivity contribution in [2.24, 2.45) is 0 Å². The molecule has 41 heavy (non-hydrogen) atoms. The van der Waals surface area contributed by atoms with Gasteiger partial charge in [0.15, 0.2) is 17.3 Å². The number of hydrogen-bond donors (Lipinski definition) is 1. The number of nitrogens with two attached hydrogens (primary N) is 1. The lowest BCUT2D eigenvalue weighted by Crippen LogP contribution is -2.30. The lowest BCUT2D eigenvalue weighted by atomic mass is 9.81. The standard InChI is InChI=1S/C29H32N8O3S/c1-3-6-20-26(36-40-27(20)19-8-4-9-22-25(19)21(12-30)28(31)41-22)29-34-23(38-15-17-7-5-10-37(17)2)11-24(35-29)39-18-13-32-16-33-14-18/h11,13-14,16-17,19H,3-10,15,31H2,1-2H3/t17-,19-/m0/s1. The van der Waals surface area contributed by atoms with E-state index in [-0.39, 0.29) is 5.92 Å². The molecule has 0 bridgehead atoms. The van der Waals surface area contributed by atoms with Crippen molar-refractivity contribution in [3.8, 4) is 35.1 Å². The number of aromatic nitrogens is 5. The number of ether oxygens (including phenoxy) is 2. The molecule has 0 saturated carbocycles. The van der Waals surface area contributed by atoms with Crippen LogP contribution >= 0.6 is 11.3 Å². The minimum Gasteiger partial charge on any atom is -0.476 e. The molecular weight excluding hydrogens is 540 g/mol. The Morgan fingerprint density at radius 3 is 2.78 bits per heavy atom. The van der Waals surface area contributed by atoms with E-state index in [1.165, 1.54) is 17.7 Å². The van der Waals surface area contributed by atoms with Crippen molar-refractivity contribution in [2.75, 3.05) is 25.9 Å². The maximum atomic E-state index is 9.88. The Kier molecular flexibility index (Phi) is 7.80. The smallest absolute Gasteiger partial charge is 0.226 e. The van der Waals surface area contributed by atoms with Crippen LogP contribution < -0.4 is 15.2 Å². The third-order valence-electron chi connectivity index (χ3n) is 7.79. The molecule has 2 aliphatic rings. The SMILES string of the molecule is CCCc1c(-c2nc(OC[C@@H]3CCCN3C)cc(Oc3cncnc3)n2)noc1[C@H]1CCCc2sc(N)c(C#N)c21. The van der Waals surface area contributed by atoms with Gasteiger partial charge in [-0.1, -0.05) is 18.5 Å². The Balaban J connectivity index is 1.40. The Hall–Kier alpha value is -4.08. The monoisotopic (exact) mass is 572 g/mol. The van der Waals surface area contributed by atoms with E-state index in [4.69, 9.17) is 29.7 Å². The van der Waals surface area contributed by atoms with Gasteiger partial charge in [0.05, 0.1) is 24.0 Å². The van der Waals surface area contributed by atoms with Gasteiger partial charge in [-0.3, -0.25) is 0 Å². The summed E-state index contributed by atoms with van der Waals surface area (Å²) >= 11 is 1.50. The van der Waals surface area contributed by atoms with Crippen molar-refractivity contribution < 1.29 is 14.0 Å². The molecule has 2 N–H and O–H groups in total. The van der Waals surface area contributed by atoms with Gasteiger partial charge in [0.25, 0.3) is 0 Å². The molecule has 1 saturated heterocycles. The molecule has 4 aromatic heterocycles. The molecule has 212 valence electrons. The second kappa shape index (κ2) is 11.8. The van der Waals surface area contributed by atoms with Crippen LogP contribution in [0.1, 0.15) is 72.3 Å². The van der Waals surface area contributed by atoms with E-state index in [2.05, 4.69) is 40.1 Å². The largest absolute Gasteiger partial charge is 0.476 e. The molecule has 6 rings (SSSR count). The average molecular weight is 573 g/mol. The van der Waals surface area contributed by atoms with E-state index in [0.29, 0.717) is 58.7 Å². The van der Waals surface area contributed by atoms with Gasteiger partial charge < -0.3 is 24.6 Å². The molecule has 12 heteroatoms. The first kappa shape index (κ1) is 27.1. The number of anilines is 1. The lowest BCUT2D eigenvalue weighted by Gasteiger charge is -2.22. The molecule has 0 aromatic carbocycles. The van der Waals surface area contributed by atoms with Crippen LogP contribution in [0, 0.1) is 11.3 Å². The molecule has 5 heterocycles. The molecule has 1 aliphatic carbocycles. The van der Waals surface area contributed by atoms with Gasteiger partial charge in [-0.2, -0.15) is 15.2 Å². The van der Waals surface area contributed by atoms with Crippen molar-refractivity contribution in [1.82, 2.24) is 30.0 Å². The van der Waals surface area contributed by atoms with E-state index in [0.717, 1.165) is 66.8 Å². The predicted molar refractivity (Wildman–Crippen MR) is 153 cm³/mol. The minimum atomic E-state index is -0.0979. The van der Waals surface area contributed by atoms with Crippen molar-refractivity contribution in [3.63, 3.8) is 0 Å². The van der Waals surface area contributed by atoms with E-state index in [1.807, 2.05) is 0 Å². The first-order valence-corrected chi connectivity index (χ1v) is 14.8. The van der Waals surface area contributed by atoms with Crippen LogP contribution in [-0.4, -0.2) is 56.2 Å². The number of rotatable bonds is 9. The lowest BCUT2D eigenvalue weighted by molar-refractivity contribution is 0.192. The number of hydrogen-bond acceptors (Lipinski definition) is 12. The summed E-state index contributed by atoms with van der Waals surface area (Å²) in [5.41, 5.74) is 9.25. The fourth-order valence-electron chi connectivity index (χ4n) is 5.78. The van der Waals surface area contributed by atoms with Crippen LogP contribution in [-0.2, 0) is 12.8 Å². The second-order valence-electron chi connectivity index (χ2n) is 10.5. The highest BCUT2D eigenvalue weighted by Gasteiger charge is 2.34. The third kappa shape index (κ3) is 5.47. The Labute approximate surface area is 242 Å². The van der Waals surface area contributed by atoms with Crippen molar-refractivity contribution in [2.45, 2.75) is 63.8 Å². The van der Waals surface area contributed by atoms with Crippen molar-refractivity contribution in [1.29, 1.82) is 5.26 Å². The summed E-state index contributed by atoms with van der Waals surface area (Å²) in [4.78, 5) is 21.0. The maximum Gasteiger partial charge on any atom is 0.226 e. The van der Waals surface area contributed by atoms with E-state index in [1.54, 1.807) is 18.5 Å². The number of nitrogen functional groups attached to an aromatic ring is 1. The first-order valence-electron chi connectivity index (χ1n) is 14.0. The average Bonchev–Trinajstić information content (AvgIpc) is 3.68. The van der Waals surface area contributed by atoms with Gasteiger partial charge in [-0.05, 0) is 57.7 Å². The normalized spacial score (nSPS) is 18.7. The van der Waals surface area contributed by atoms with Crippen LogP contribution in [0.3, 0.4) is 0 Å². The van der Waals surface area contributed by atoms with Crippen LogP contribution in [0.4, 0.5) is 5.00 Å². The number of nitriles is 1. The Bertz CT molecular complexity index is 1560. The number of likely N-dealkylation sites (tertiary alicyclic amines) is 1. The fraction of sp³-hybridized carbons (Fsp3) is 0.448.